The minimum Gasteiger partial charge on any atom is -0.308 e. The van der Waals surface area contributed by atoms with E-state index in [4.69, 9.17) is 0 Å². The van der Waals surface area contributed by atoms with Gasteiger partial charge in [0.05, 0.1) is 11.1 Å². The summed E-state index contributed by atoms with van der Waals surface area (Å²) in [5.74, 6) is 0.710. The summed E-state index contributed by atoms with van der Waals surface area (Å²) in [4.78, 5) is 12.2. The number of hydrogen-bond acceptors (Lipinski definition) is 3. The van der Waals surface area contributed by atoms with Crippen molar-refractivity contribution in [1.82, 2.24) is 15.1 Å². The highest BCUT2D eigenvalue weighted by Gasteiger charge is 2.20. The Labute approximate surface area is 131 Å². The molecule has 0 radical (unpaired) electrons. The molecule has 0 aliphatic heterocycles. The second-order valence-corrected chi connectivity index (χ2v) is 6.52. The summed E-state index contributed by atoms with van der Waals surface area (Å²) in [5.41, 5.74) is 0.941. The number of benzene rings is 1. The minimum absolute atomic E-state index is 0.0258. The van der Waals surface area contributed by atoms with Gasteiger partial charge < -0.3 is 5.32 Å². The number of aromatic nitrogens is 2. The Kier molecular flexibility index (Phi) is 4.57. The maximum atomic E-state index is 12.2. The van der Waals surface area contributed by atoms with Gasteiger partial charge in [-0.15, -0.1) is 0 Å². The first-order valence-electron chi connectivity index (χ1n) is 8.35. The highest BCUT2D eigenvalue weighted by atomic mass is 16.1. The highest BCUT2D eigenvalue weighted by molar-refractivity contribution is 5.83. The van der Waals surface area contributed by atoms with Crippen LogP contribution in [0.25, 0.3) is 10.8 Å². The van der Waals surface area contributed by atoms with Crippen molar-refractivity contribution in [3.63, 3.8) is 0 Å². The maximum absolute atomic E-state index is 12.2. The molecule has 1 aliphatic rings. The van der Waals surface area contributed by atoms with Crippen LogP contribution in [-0.4, -0.2) is 15.8 Å². The van der Waals surface area contributed by atoms with Crippen LogP contribution in [0.2, 0.25) is 0 Å². The third-order valence-electron chi connectivity index (χ3n) is 4.93. The SMILES string of the molecule is CC1CCCCCC1NCc1nn(C)c(=O)c2ccccc12. The Morgan fingerprint density at radius 2 is 1.91 bits per heavy atom. The molecule has 1 aromatic carbocycles. The Bertz CT molecular complexity index is 707. The molecule has 0 spiro atoms. The molecule has 2 atom stereocenters. The summed E-state index contributed by atoms with van der Waals surface area (Å²) >= 11 is 0. The monoisotopic (exact) mass is 299 g/mol. The van der Waals surface area contributed by atoms with Crippen LogP contribution in [0.3, 0.4) is 0 Å². The largest absolute Gasteiger partial charge is 0.308 e. The molecule has 1 saturated carbocycles. The molecule has 3 rings (SSSR count). The van der Waals surface area contributed by atoms with Crippen molar-refractivity contribution in [3.05, 3.63) is 40.3 Å². The first kappa shape index (κ1) is 15.2. The third kappa shape index (κ3) is 3.07. The molecule has 1 heterocycles. The van der Waals surface area contributed by atoms with Crippen molar-refractivity contribution < 1.29 is 0 Å². The van der Waals surface area contributed by atoms with Crippen LogP contribution >= 0.6 is 0 Å². The lowest BCUT2D eigenvalue weighted by Gasteiger charge is -2.23. The first-order chi connectivity index (χ1) is 10.7. The van der Waals surface area contributed by atoms with Gasteiger partial charge in [-0.3, -0.25) is 4.79 Å². The van der Waals surface area contributed by atoms with E-state index in [1.54, 1.807) is 7.05 Å². The van der Waals surface area contributed by atoms with Crippen molar-refractivity contribution in [2.75, 3.05) is 0 Å². The number of nitrogens with zero attached hydrogens (tertiary/aromatic N) is 2. The molecule has 1 fully saturated rings. The van der Waals surface area contributed by atoms with E-state index in [9.17, 15) is 4.79 Å². The van der Waals surface area contributed by atoms with E-state index in [2.05, 4.69) is 17.3 Å². The lowest BCUT2D eigenvalue weighted by molar-refractivity contribution is 0.354. The van der Waals surface area contributed by atoms with Gasteiger partial charge in [-0.1, -0.05) is 44.4 Å². The van der Waals surface area contributed by atoms with Crippen molar-refractivity contribution in [2.45, 2.75) is 51.6 Å². The zero-order chi connectivity index (χ0) is 15.5. The molecule has 0 amide bonds. The van der Waals surface area contributed by atoms with E-state index in [-0.39, 0.29) is 5.56 Å². The van der Waals surface area contributed by atoms with Crippen LogP contribution in [0.15, 0.2) is 29.1 Å². The summed E-state index contributed by atoms with van der Waals surface area (Å²) in [6, 6.07) is 8.32. The van der Waals surface area contributed by atoms with Crippen LogP contribution in [0.1, 0.15) is 44.7 Å². The first-order valence-corrected chi connectivity index (χ1v) is 8.35. The van der Waals surface area contributed by atoms with Crippen molar-refractivity contribution in [3.8, 4) is 0 Å². The number of hydrogen-bond donors (Lipinski definition) is 1. The number of nitrogens with one attached hydrogen (secondary N) is 1. The van der Waals surface area contributed by atoms with E-state index in [0.29, 0.717) is 12.0 Å². The lowest BCUT2D eigenvalue weighted by atomic mass is 9.97. The molecule has 1 N–H and O–H groups in total. The zero-order valence-electron chi connectivity index (χ0n) is 13.5. The zero-order valence-corrected chi connectivity index (χ0v) is 13.5. The summed E-state index contributed by atoms with van der Waals surface area (Å²) in [6.07, 6.45) is 6.55. The van der Waals surface area contributed by atoms with Crippen molar-refractivity contribution >= 4 is 10.8 Å². The minimum atomic E-state index is -0.0258. The Balaban J connectivity index is 1.85. The lowest BCUT2D eigenvalue weighted by Crippen LogP contribution is -2.35. The van der Waals surface area contributed by atoms with Gasteiger partial charge in [0.1, 0.15) is 0 Å². The van der Waals surface area contributed by atoms with Crippen molar-refractivity contribution in [1.29, 1.82) is 0 Å². The second kappa shape index (κ2) is 6.61. The summed E-state index contributed by atoms with van der Waals surface area (Å²) in [6.45, 7) is 3.07. The molecule has 2 aromatic rings. The second-order valence-electron chi connectivity index (χ2n) is 6.52. The summed E-state index contributed by atoms with van der Waals surface area (Å²) < 4.78 is 1.45. The van der Waals surface area contributed by atoms with Crippen LogP contribution in [-0.2, 0) is 13.6 Å². The van der Waals surface area contributed by atoms with Gasteiger partial charge in [-0.25, -0.2) is 4.68 Å². The Morgan fingerprint density at radius 1 is 1.18 bits per heavy atom. The standard InChI is InChI=1S/C18H25N3O/c1-13-8-4-3-5-11-16(13)19-12-17-14-9-6-7-10-15(14)18(22)21(2)20-17/h6-7,9-10,13,16,19H,3-5,8,11-12H2,1-2H3. The molecule has 1 aromatic heterocycles. The number of fused-ring (bicyclic) bond motifs is 1. The molecular weight excluding hydrogens is 274 g/mol. The van der Waals surface area contributed by atoms with Crippen LogP contribution < -0.4 is 10.9 Å². The van der Waals surface area contributed by atoms with Crippen molar-refractivity contribution in [2.24, 2.45) is 13.0 Å². The average Bonchev–Trinajstić information content (AvgIpc) is 2.74. The third-order valence-corrected chi connectivity index (χ3v) is 4.93. The Morgan fingerprint density at radius 3 is 2.73 bits per heavy atom. The fourth-order valence-corrected chi connectivity index (χ4v) is 3.53. The topological polar surface area (TPSA) is 46.9 Å². The molecule has 0 saturated heterocycles. The Hall–Kier alpha value is -1.68. The van der Waals surface area contributed by atoms with E-state index < -0.39 is 0 Å². The predicted molar refractivity (Wildman–Crippen MR) is 89.9 cm³/mol. The molecule has 0 bridgehead atoms. The molecule has 4 heteroatoms. The highest BCUT2D eigenvalue weighted by Crippen LogP contribution is 2.23. The van der Waals surface area contributed by atoms with E-state index in [0.717, 1.165) is 23.0 Å². The summed E-state index contributed by atoms with van der Waals surface area (Å²) in [7, 11) is 1.73. The van der Waals surface area contributed by atoms with Gasteiger partial charge >= 0.3 is 0 Å². The van der Waals surface area contributed by atoms with Gasteiger partial charge in [0.15, 0.2) is 0 Å². The number of aryl methyl sites for hydroxylation is 1. The fraction of sp³-hybridized carbons (Fsp3) is 0.556. The van der Waals surface area contributed by atoms with Gasteiger partial charge in [0, 0.05) is 25.0 Å². The quantitative estimate of drug-likeness (QED) is 0.886. The fourth-order valence-electron chi connectivity index (χ4n) is 3.53. The smallest absolute Gasteiger partial charge is 0.274 e. The maximum Gasteiger partial charge on any atom is 0.274 e. The summed E-state index contributed by atoms with van der Waals surface area (Å²) in [5, 5.41) is 9.89. The predicted octanol–water partition coefficient (Wildman–Crippen LogP) is 2.99. The molecular formula is C18H25N3O. The van der Waals surface area contributed by atoms with Crippen LogP contribution in [0.5, 0.6) is 0 Å². The van der Waals surface area contributed by atoms with Gasteiger partial charge in [-0.05, 0) is 24.8 Å². The van der Waals surface area contributed by atoms with Gasteiger partial charge in [0.25, 0.3) is 5.56 Å². The molecule has 118 valence electrons. The normalized spacial score (nSPS) is 22.6. The molecule has 4 nitrogen and oxygen atoms in total. The molecule has 2 unspecified atom stereocenters. The van der Waals surface area contributed by atoms with Gasteiger partial charge in [0.2, 0.25) is 0 Å². The number of rotatable bonds is 3. The van der Waals surface area contributed by atoms with Crippen LogP contribution in [0, 0.1) is 5.92 Å². The molecule has 1 aliphatic carbocycles. The molecule has 22 heavy (non-hydrogen) atoms. The van der Waals surface area contributed by atoms with E-state index in [1.807, 2.05) is 24.3 Å². The van der Waals surface area contributed by atoms with Crippen LogP contribution in [0.4, 0.5) is 0 Å². The average molecular weight is 299 g/mol. The van der Waals surface area contributed by atoms with E-state index in [1.165, 1.54) is 36.8 Å². The van der Waals surface area contributed by atoms with Gasteiger partial charge in [-0.2, -0.15) is 5.10 Å². The van der Waals surface area contributed by atoms with E-state index >= 15 is 0 Å².